The molecule has 0 aromatic heterocycles. The van der Waals surface area contributed by atoms with Gasteiger partial charge in [0.25, 0.3) is 0 Å². The Labute approximate surface area is 258 Å². The van der Waals surface area contributed by atoms with Gasteiger partial charge in [0.1, 0.15) is 11.7 Å². The maximum Gasteiger partial charge on any atom is 0.180 e. The number of methoxy groups -OCH3 is 2. The Balaban J connectivity index is 1.13. The summed E-state index contributed by atoms with van der Waals surface area (Å²) in [5.74, 6) is 3.07. The third-order valence-electron chi connectivity index (χ3n) is 14.2. The van der Waals surface area contributed by atoms with E-state index in [1.165, 1.54) is 22.3 Å². The van der Waals surface area contributed by atoms with E-state index in [2.05, 4.69) is 36.0 Å². The average Bonchev–Trinajstić information content (AvgIpc) is 3.57. The fourth-order valence-corrected chi connectivity index (χ4v) is 12.4. The maximum atomic E-state index is 15.1. The summed E-state index contributed by atoms with van der Waals surface area (Å²) >= 11 is 0. The van der Waals surface area contributed by atoms with E-state index in [0.29, 0.717) is 36.6 Å². The zero-order valence-electron chi connectivity index (χ0n) is 26.1. The van der Waals surface area contributed by atoms with Gasteiger partial charge in [0.2, 0.25) is 0 Å². The Kier molecular flexibility index (Phi) is 4.99. The highest BCUT2D eigenvalue weighted by Crippen LogP contribution is 2.69. The summed E-state index contributed by atoms with van der Waals surface area (Å²) in [6.07, 6.45) is 4.70. The summed E-state index contributed by atoms with van der Waals surface area (Å²) < 4.78 is 25.5. The Morgan fingerprint density at radius 1 is 0.818 bits per heavy atom. The molecule has 1 N–H and O–H groups in total. The highest BCUT2D eigenvalue weighted by atomic mass is 16.5. The van der Waals surface area contributed by atoms with E-state index in [1.54, 1.807) is 14.2 Å². The molecule has 4 fully saturated rings. The smallest absolute Gasteiger partial charge is 0.180 e. The van der Waals surface area contributed by atoms with E-state index in [-0.39, 0.29) is 22.5 Å². The van der Waals surface area contributed by atoms with Gasteiger partial charge in [-0.3, -0.25) is 4.79 Å². The highest BCUT2D eigenvalue weighted by molar-refractivity contribution is 5.92. The van der Waals surface area contributed by atoms with Gasteiger partial charge >= 0.3 is 0 Å². The molecule has 4 bridgehead atoms. The number of hydrogen-bond acceptors (Lipinski definition) is 8. The van der Waals surface area contributed by atoms with Crippen LogP contribution in [0, 0.1) is 17.8 Å². The summed E-state index contributed by atoms with van der Waals surface area (Å²) in [4.78, 5) is 20.1. The summed E-state index contributed by atoms with van der Waals surface area (Å²) in [5.41, 5.74) is 3.06. The Morgan fingerprint density at radius 3 is 2.07 bits per heavy atom. The molecule has 8 aliphatic rings. The van der Waals surface area contributed by atoms with E-state index >= 15 is 4.79 Å². The number of hydrogen-bond donors (Lipinski definition) is 1. The predicted octanol–water partition coefficient (Wildman–Crippen LogP) is 3.27. The fraction of sp³-hybridized carbons (Fsp3) is 0.639. The third kappa shape index (κ3) is 2.71. The van der Waals surface area contributed by atoms with Crippen LogP contribution in [0.25, 0.3) is 0 Å². The molecule has 10 atom stereocenters. The largest absolute Gasteiger partial charge is 0.493 e. The molecule has 10 rings (SSSR count). The molecule has 2 aromatic carbocycles. The molecule has 8 nitrogen and oxygen atoms in total. The first-order valence-electron chi connectivity index (χ1n) is 16.7. The van der Waals surface area contributed by atoms with Crippen molar-refractivity contribution in [3.63, 3.8) is 0 Å². The molecule has 2 spiro atoms. The molecular weight excluding hydrogens is 556 g/mol. The van der Waals surface area contributed by atoms with E-state index in [9.17, 15) is 5.11 Å². The molecule has 4 aliphatic carbocycles. The van der Waals surface area contributed by atoms with E-state index in [4.69, 9.17) is 18.9 Å². The van der Waals surface area contributed by atoms with Crippen molar-refractivity contribution in [2.24, 2.45) is 17.8 Å². The van der Waals surface area contributed by atoms with Crippen molar-refractivity contribution in [2.45, 2.75) is 85.7 Å². The molecule has 4 aliphatic heterocycles. The zero-order chi connectivity index (χ0) is 29.9. The van der Waals surface area contributed by atoms with E-state index in [1.807, 2.05) is 12.1 Å². The average molecular weight is 599 g/mol. The quantitative estimate of drug-likeness (QED) is 0.577. The first kappa shape index (κ1) is 26.4. The molecule has 2 saturated carbocycles. The predicted molar refractivity (Wildman–Crippen MR) is 162 cm³/mol. The lowest BCUT2D eigenvalue weighted by molar-refractivity contribution is -0.202. The lowest BCUT2D eigenvalue weighted by Gasteiger charge is -2.64. The van der Waals surface area contributed by atoms with Gasteiger partial charge in [-0.25, -0.2) is 0 Å². The van der Waals surface area contributed by atoms with Crippen molar-refractivity contribution in [2.75, 3.05) is 41.4 Å². The molecule has 4 heterocycles. The van der Waals surface area contributed by atoms with Crippen LogP contribution in [-0.4, -0.2) is 92.0 Å². The van der Waals surface area contributed by atoms with Crippen molar-refractivity contribution in [3.8, 4) is 23.0 Å². The van der Waals surface area contributed by atoms with Crippen molar-refractivity contribution < 1.29 is 28.8 Å². The number of ether oxygens (including phenoxy) is 4. The van der Waals surface area contributed by atoms with Gasteiger partial charge in [0.05, 0.1) is 20.1 Å². The van der Waals surface area contributed by atoms with E-state index in [0.717, 1.165) is 62.4 Å². The van der Waals surface area contributed by atoms with Gasteiger partial charge in [-0.05, 0) is 107 Å². The number of likely N-dealkylation sites (N-methyl/N-ethyl adjacent to an activating group) is 2. The van der Waals surface area contributed by atoms with Gasteiger partial charge in [0.15, 0.2) is 34.9 Å². The lowest BCUT2D eigenvalue weighted by Crippen LogP contribution is -2.74. The third-order valence-corrected chi connectivity index (χ3v) is 14.2. The van der Waals surface area contributed by atoms with Crippen molar-refractivity contribution >= 4 is 5.78 Å². The Bertz CT molecular complexity index is 1640. The maximum absolute atomic E-state index is 15.1. The fourth-order valence-electron chi connectivity index (χ4n) is 12.4. The van der Waals surface area contributed by atoms with Gasteiger partial charge in [-0.15, -0.1) is 0 Å². The van der Waals surface area contributed by atoms with E-state index < -0.39 is 23.7 Å². The molecule has 2 unspecified atom stereocenters. The standard InChI is InChI=1S/C36H42N2O6/c1-37-14-12-35-20-9-10-36(40,33(35)44-31-26(42-4)8-6-19(28(31)35)15-23(20)37)22-17-21-24-16-18-5-7-25(41-3)30-27(18)34(21,11-13-38(24)2)32(43-30)29(22)39/h5-8,20-24,32-33,40H,9-17H2,1-4H3/t20-,21-,22?,23+,24+,32-,33+,34-,35-,36?/m0/s1. The van der Waals surface area contributed by atoms with Gasteiger partial charge in [-0.2, -0.15) is 0 Å². The molecule has 2 aromatic rings. The summed E-state index contributed by atoms with van der Waals surface area (Å²) in [6, 6.07) is 9.13. The molecule has 0 amide bonds. The van der Waals surface area contributed by atoms with Crippen LogP contribution in [0.15, 0.2) is 24.3 Å². The van der Waals surface area contributed by atoms with Crippen LogP contribution in [0.4, 0.5) is 0 Å². The van der Waals surface area contributed by atoms with Crippen LogP contribution in [0.2, 0.25) is 0 Å². The number of aliphatic hydroxyl groups is 1. The lowest BCUT2D eigenvalue weighted by atomic mass is 9.44. The molecule has 232 valence electrons. The van der Waals surface area contributed by atoms with Gasteiger partial charge < -0.3 is 33.9 Å². The molecule has 8 heteroatoms. The second-order valence-electron chi connectivity index (χ2n) is 15.3. The van der Waals surface area contributed by atoms with Crippen molar-refractivity contribution in [3.05, 3.63) is 46.5 Å². The number of likely N-dealkylation sites (tertiary alicyclic amines) is 2. The van der Waals surface area contributed by atoms with Crippen LogP contribution < -0.4 is 18.9 Å². The summed E-state index contributed by atoms with van der Waals surface area (Å²) in [6.45, 7) is 1.89. The van der Waals surface area contributed by atoms with Crippen LogP contribution in [0.1, 0.15) is 54.4 Å². The van der Waals surface area contributed by atoms with Crippen molar-refractivity contribution in [1.29, 1.82) is 0 Å². The number of nitrogens with zero attached hydrogens (tertiary/aromatic N) is 2. The number of benzene rings is 2. The second-order valence-corrected chi connectivity index (χ2v) is 15.3. The van der Waals surface area contributed by atoms with Crippen molar-refractivity contribution in [1.82, 2.24) is 9.80 Å². The highest BCUT2D eigenvalue weighted by Gasteiger charge is 2.75. The monoisotopic (exact) mass is 598 g/mol. The topological polar surface area (TPSA) is 80.7 Å². The van der Waals surface area contributed by atoms with Crippen LogP contribution in [0.5, 0.6) is 23.0 Å². The minimum Gasteiger partial charge on any atom is -0.493 e. The number of piperidine rings is 2. The molecular formula is C36H42N2O6. The summed E-state index contributed by atoms with van der Waals surface area (Å²) in [5, 5.41) is 13.3. The minimum atomic E-state index is -1.30. The second kappa shape index (κ2) is 8.31. The van der Waals surface area contributed by atoms with Crippen LogP contribution >= 0.6 is 0 Å². The minimum absolute atomic E-state index is 0.0556. The van der Waals surface area contributed by atoms with Gasteiger partial charge in [0, 0.05) is 34.0 Å². The Morgan fingerprint density at radius 2 is 1.41 bits per heavy atom. The normalized spacial score (nSPS) is 43.9. The molecule has 44 heavy (non-hydrogen) atoms. The number of rotatable bonds is 3. The molecule has 2 saturated heterocycles. The first-order valence-corrected chi connectivity index (χ1v) is 16.7. The summed E-state index contributed by atoms with van der Waals surface area (Å²) in [7, 11) is 7.86. The number of carbonyl (C=O) groups is 1. The number of Topliss-reactive ketones (excluding diaryl/α,β-unsaturated/α-hetero) is 1. The molecule has 0 radical (unpaired) electrons. The van der Waals surface area contributed by atoms with Crippen LogP contribution in [0.3, 0.4) is 0 Å². The SMILES string of the molecule is COc1ccc2c3c1O[C@H]1C(=O)C(C4(O)CC[C@H]5[C@H]6Cc7ccc(OC)c8c7[C@@]5(CCN6C)[C@H]4O8)C[C@H]4[C@@H](C2)N(C)CC[C@]314. The number of carbonyl (C=O) groups excluding carboxylic acids is 1. The zero-order valence-corrected chi connectivity index (χ0v) is 26.1. The van der Waals surface area contributed by atoms with Gasteiger partial charge in [-0.1, -0.05) is 12.1 Å². The first-order chi connectivity index (χ1) is 21.3. The Hall–Kier alpha value is -2.81. The van der Waals surface area contributed by atoms with Crippen LogP contribution in [-0.2, 0) is 28.5 Å². The number of ketones is 1.